The number of hydrogen-bond donors (Lipinski definition) is 2. The lowest BCUT2D eigenvalue weighted by atomic mass is 9.80. The van der Waals surface area contributed by atoms with Gasteiger partial charge in [-0.2, -0.15) is 0 Å². The first-order valence-electron chi connectivity index (χ1n) is 15.1. The molecule has 0 amide bonds. The number of para-hydroxylation sites is 2. The molecule has 0 saturated carbocycles. The molecule has 3 aromatic carbocycles. The van der Waals surface area contributed by atoms with Crippen LogP contribution in [0, 0.1) is 11.8 Å². The van der Waals surface area contributed by atoms with E-state index in [2.05, 4.69) is 50.3 Å². The van der Waals surface area contributed by atoms with Crippen LogP contribution in [0.3, 0.4) is 0 Å². The highest BCUT2D eigenvalue weighted by atomic mass is 16.4. The second-order valence-electron chi connectivity index (χ2n) is 12.3. The molecule has 7 rings (SSSR count). The van der Waals surface area contributed by atoms with Crippen LogP contribution in [0.4, 0.5) is 0 Å². The molecular formula is C38H32N2O4. The Labute approximate surface area is 255 Å². The standard InChI is InChI=1S/C38H32N2O4/c1-21-15-25(35-29(17-21)33(37(41)42)27-7-3-5-9-31(27)39-35)19-23-11-13-24(14-12-23)20-26-16-22(2)18-30-34(38(43)44)28-8-4-6-10-32(28)40-36(26)30/h3-14,19-22H,15-18H2,1-2H3,(H,41,42)(H,43,44)/b25-19-,26-20-/t21-,22-/m0/s1. The molecule has 0 radical (unpaired) electrons. The monoisotopic (exact) mass is 580 g/mol. The summed E-state index contributed by atoms with van der Waals surface area (Å²) in [5.41, 5.74) is 9.43. The van der Waals surface area contributed by atoms with E-state index in [-0.39, 0.29) is 0 Å². The van der Waals surface area contributed by atoms with Crippen LogP contribution in [0.15, 0.2) is 72.8 Å². The summed E-state index contributed by atoms with van der Waals surface area (Å²) in [4.78, 5) is 34.7. The summed E-state index contributed by atoms with van der Waals surface area (Å²) >= 11 is 0. The van der Waals surface area contributed by atoms with Gasteiger partial charge in [0.15, 0.2) is 0 Å². The normalized spacial score (nSPS) is 19.7. The van der Waals surface area contributed by atoms with Gasteiger partial charge in [0.1, 0.15) is 0 Å². The molecule has 0 saturated heterocycles. The minimum Gasteiger partial charge on any atom is -0.478 e. The van der Waals surface area contributed by atoms with E-state index in [1.807, 2.05) is 48.5 Å². The third kappa shape index (κ3) is 4.86. The summed E-state index contributed by atoms with van der Waals surface area (Å²) in [6.45, 7) is 4.31. The fraction of sp³-hybridized carbons (Fsp3) is 0.211. The third-order valence-electron chi connectivity index (χ3n) is 8.88. The molecule has 2 atom stereocenters. The highest BCUT2D eigenvalue weighted by Crippen LogP contribution is 2.40. The van der Waals surface area contributed by atoms with Gasteiger partial charge in [-0.05, 0) is 95.2 Å². The molecule has 5 aromatic rings. The molecule has 218 valence electrons. The number of hydrogen-bond acceptors (Lipinski definition) is 4. The largest absolute Gasteiger partial charge is 0.478 e. The van der Waals surface area contributed by atoms with E-state index in [1.54, 1.807) is 0 Å². The number of rotatable bonds is 4. The zero-order chi connectivity index (χ0) is 30.5. The van der Waals surface area contributed by atoms with Gasteiger partial charge in [0.2, 0.25) is 0 Å². The van der Waals surface area contributed by atoms with Crippen molar-refractivity contribution in [1.29, 1.82) is 0 Å². The van der Waals surface area contributed by atoms with Crippen molar-refractivity contribution >= 4 is 57.0 Å². The molecule has 0 spiro atoms. The van der Waals surface area contributed by atoms with Gasteiger partial charge in [0.25, 0.3) is 0 Å². The van der Waals surface area contributed by atoms with Crippen molar-refractivity contribution in [1.82, 2.24) is 9.97 Å². The third-order valence-corrected chi connectivity index (χ3v) is 8.88. The van der Waals surface area contributed by atoms with Crippen LogP contribution in [-0.4, -0.2) is 32.1 Å². The van der Waals surface area contributed by atoms with Crippen LogP contribution in [0.25, 0.3) is 45.1 Å². The topological polar surface area (TPSA) is 100 Å². The number of fused-ring (bicyclic) bond motifs is 4. The maximum absolute atomic E-state index is 12.4. The number of nitrogens with zero attached hydrogens (tertiary/aromatic N) is 2. The highest BCUT2D eigenvalue weighted by molar-refractivity contribution is 6.07. The molecule has 6 nitrogen and oxygen atoms in total. The number of allylic oxidation sites excluding steroid dienone is 2. The van der Waals surface area contributed by atoms with Crippen molar-refractivity contribution in [3.63, 3.8) is 0 Å². The molecule has 2 heterocycles. The first kappa shape index (κ1) is 27.7. The molecule has 0 fully saturated rings. The van der Waals surface area contributed by atoms with Crippen molar-refractivity contribution in [3.05, 3.63) is 118 Å². The van der Waals surface area contributed by atoms with Crippen molar-refractivity contribution in [2.45, 2.75) is 39.5 Å². The van der Waals surface area contributed by atoms with Crippen molar-refractivity contribution in [3.8, 4) is 0 Å². The van der Waals surface area contributed by atoms with Crippen LogP contribution in [-0.2, 0) is 12.8 Å². The molecule has 2 aromatic heterocycles. The van der Waals surface area contributed by atoms with Crippen LogP contribution in [0.2, 0.25) is 0 Å². The zero-order valence-corrected chi connectivity index (χ0v) is 24.7. The highest BCUT2D eigenvalue weighted by Gasteiger charge is 2.29. The Kier molecular flexibility index (Phi) is 6.85. The summed E-state index contributed by atoms with van der Waals surface area (Å²) in [5, 5.41) is 21.7. The summed E-state index contributed by atoms with van der Waals surface area (Å²) in [5.74, 6) is -1.23. The van der Waals surface area contributed by atoms with Gasteiger partial charge >= 0.3 is 11.9 Å². The number of aromatic nitrogens is 2. The molecule has 0 unspecified atom stereocenters. The Balaban J connectivity index is 1.28. The Bertz CT molecular complexity index is 1910. The quantitative estimate of drug-likeness (QED) is 0.221. The van der Waals surface area contributed by atoms with Crippen LogP contribution in [0.5, 0.6) is 0 Å². The van der Waals surface area contributed by atoms with E-state index in [4.69, 9.17) is 9.97 Å². The lowest BCUT2D eigenvalue weighted by molar-refractivity contribution is 0.0686. The number of aromatic carboxylic acids is 2. The van der Waals surface area contributed by atoms with Crippen molar-refractivity contribution in [2.75, 3.05) is 0 Å². The Morgan fingerprint density at radius 3 is 1.39 bits per heavy atom. The molecular weight excluding hydrogens is 548 g/mol. The van der Waals surface area contributed by atoms with E-state index in [9.17, 15) is 19.8 Å². The lowest BCUT2D eigenvalue weighted by Crippen LogP contribution is -2.17. The fourth-order valence-electron chi connectivity index (χ4n) is 7.05. The smallest absolute Gasteiger partial charge is 0.336 e. The van der Waals surface area contributed by atoms with E-state index in [0.717, 1.165) is 57.6 Å². The van der Waals surface area contributed by atoms with Gasteiger partial charge in [0.05, 0.1) is 33.5 Å². The average Bonchev–Trinajstić information content (AvgIpc) is 2.99. The van der Waals surface area contributed by atoms with Crippen molar-refractivity contribution < 1.29 is 19.8 Å². The van der Waals surface area contributed by atoms with Gasteiger partial charge in [-0.1, -0.05) is 74.5 Å². The second-order valence-corrected chi connectivity index (χ2v) is 12.3. The summed E-state index contributed by atoms with van der Waals surface area (Å²) < 4.78 is 0. The maximum Gasteiger partial charge on any atom is 0.336 e. The van der Waals surface area contributed by atoms with Gasteiger partial charge in [0, 0.05) is 10.8 Å². The number of carbonyl (C=O) groups is 2. The molecule has 2 N–H and O–H groups in total. The minimum absolute atomic E-state index is 0.298. The Hall–Kier alpha value is -5.10. The predicted molar refractivity (Wildman–Crippen MR) is 175 cm³/mol. The molecule has 0 bridgehead atoms. The average molecular weight is 581 g/mol. The van der Waals surface area contributed by atoms with Gasteiger partial charge < -0.3 is 10.2 Å². The maximum atomic E-state index is 12.4. The Morgan fingerprint density at radius 1 is 0.614 bits per heavy atom. The van der Waals surface area contributed by atoms with Crippen LogP contribution < -0.4 is 0 Å². The zero-order valence-electron chi connectivity index (χ0n) is 24.7. The predicted octanol–water partition coefficient (Wildman–Crippen LogP) is 8.43. The molecule has 2 aliphatic rings. The van der Waals surface area contributed by atoms with Crippen LogP contribution >= 0.6 is 0 Å². The minimum atomic E-state index is -0.915. The fourth-order valence-corrected chi connectivity index (χ4v) is 7.05. The first-order chi connectivity index (χ1) is 21.3. The molecule has 2 aliphatic carbocycles. The number of carboxylic acids is 2. The summed E-state index contributed by atoms with van der Waals surface area (Å²) in [7, 11) is 0. The number of benzene rings is 3. The molecule has 0 aliphatic heterocycles. The molecule has 44 heavy (non-hydrogen) atoms. The molecule has 6 heteroatoms. The van der Waals surface area contributed by atoms with E-state index < -0.39 is 11.9 Å². The number of carboxylic acid groups (broad SMARTS) is 2. The number of pyridine rings is 2. The second kappa shape index (κ2) is 10.9. The van der Waals surface area contributed by atoms with E-state index in [1.165, 1.54) is 0 Å². The first-order valence-corrected chi connectivity index (χ1v) is 15.1. The van der Waals surface area contributed by atoms with Gasteiger partial charge in [-0.3, -0.25) is 0 Å². The van der Waals surface area contributed by atoms with E-state index in [0.29, 0.717) is 57.6 Å². The summed E-state index contributed by atoms with van der Waals surface area (Å²) in [6, 6.07) is 23.2. The van der Waals surface area contributed by atoms with Gasteiger partial charge in [-0.25, -0.2) is 19.6 Å². The summed E-state index contributed by atoms with van der Waals surface area (Å²) in [6.07, 6.45) is 7.27. The van der Waals surface area contributed by atoms with Gasteiger partial charge in [-0.15, -0.1) is 0 Å². The lowest BCUT2D eigenvalue weighted by Gasteiger charge is -2.26. The Morgan fingerprint density at radius 2 is 1.00 bits per heavy atom. The van der Waals surface area contributed by atoms with Crippen LogP contribution in [0.1, 0.15) is 81.0 Å². The van der Waals surface area contributed by atoms with Crippen molar-refractivity contribution in [2.24, 2.45) is 11.8 Å². The van der Waals surface area contributed by atoms with E-state index >= 15 is 0 Å². The SMILES string of the molecule is C[C@H]1C/C(=C/c2ccc(/C=C3/C[C@H](C)Cc4c3nc3ccccc3c4C(=O)O)cc2)c2nc3ccccc3c(C(=O)O)c2C1.